The fourth-order valence-corrected chi connectivity index (χ4v) is 1.52. The number of rotatable bonds is 4. The van der Waals surface area contributed by atoms with Crippen molar-refractivity contribution in [2.45, 2.75) is 19.5 Å². The van der Waals surface area contributed by atoms with Crippen LogP contribution in [0.25, 0.3) is 0 Å². The van der Waals surface area contributed by atoms with Crippen molar-refractivity contribution in [1.82, 2.24) is 0 Å². The Morgan fingerprint density at radius 3 is 2.25 bits per heavy atom. The number of nitrogens with zero attached hydrogens (tertiary/aromatic N) is 1. The van der Waals surface area contributed by atoms with Crippen LogP contribution in [0.1, 0.15) is 13.8 Å². The first kappa shape index (κ1) is 12.7. The maximum atomic E-state index is 11.5. The fourth-order valence-electron chi connectivity index (χ4n) is 0.885. The molecule has 7 heteroatoms. The minimum Gasteiger partial charge on any atom is -0.424 e. The van der Waals surface area contributed by atoms with Crippen LogP contribution in [0.2, 0.25) is 0 Å². The smallest absolute Gasteiger partial charge is 0.379 e. The second-order valence-corrected chi connectivity index (χ2v) is 5.84. The van der Waals surface area contributed by atoms with E-state index in [0.29, 0.717) is 0 Å². The van der Waals surface area contributed by atoms with Crippen LogP contribution in [-0.4, -0.2) is 15.5 Å². The predicted molar refractivity (Wildman–Crippen MR) is 58.7 cm³/mol. The number of hydrogen-bond acceptors (Lipinski definition) is 4. The van der Waals surface area contributed by atoms with Gasteiger partial charge in [-0.25, -0.2) is 4.57 Å². The van der Waals surface area contributed by atoms with Gasteiger partial charge in [-0.2, -0.15) is 0 Å². The molecule has 0 saturated carbocycles. The molecule has 0 amide bonds. The Kier molecular flexibility index (Phi) is 3.67. The lowest BCUT2D eigenvalue weighted by molar-refractivity contribution is -0.384. The topological polar surface area (TPSA) is 89.7 Å². The van der Waals surface area contributed by atoms with Crippen molar-refractivity contribution in [2.24, 2.45) is 0 Å². The summed E-state index contributed by atoms with van der Waals surface area (Å²) in [5.74, 6) is 0.144. The highest BCUT2D eigenvalue weighted by atomic mass is 31.2. The highest BCUT2D eigenvalue weighted by molar-refractivity contribution is 7.53. The van der Waals surface area contributed by atoms with Gasteiger partial charge in [0.1, 0.15) is 5.75 Å². The third kappa shape index (κ3) is 3.05. The molecule has 0 heterocycles. The lowest BCUT2D eigenvalue weighted by atomic mass is 10.3. The molecule has 0 bridgehead atoms. The molecule has 1 atom stereocenters. The van der Waals surface area contributed by atoms with Gasteiger partial charge >= 0.3 is 7.60 Å². The maximum Gasteiger partial charge on any atom is 0.379 e. The van der Waals surface area contributed by atoms with Crippen molar-refractivity contribution in [1.29, 1.82) is 0 Å². The summed E-state index contributed by atoms with van der Waals surface area (Å²) in [5, 5.41) is 10.4. The first-order valence-corrected chi connectivity index (χ1v) is 6.24. The first-order valence-electron chi connectivity index (χ1n) is 4.59. The molecule has 0 aliphatic carbocycles. The molecule has 1 aromatic rings. The van der Waals surface area contributed by atoms with Crippen LogP contribution in [0, 0.1) is 10.1 Å². The summed E-state index contributed by atoms with van der Waals surface area (Å²) in [6.45, 7) is 3.12. The molecule has 0 fully saturated rings. The van der Waals surface area contributed by atoms with Gasteiger partial charge in [-0.05, 0) is 12.1 Å². The zero-order valence-corrected chi connectivity index (χ0v) is 9.76. The zero-order valence-electron chi connectivity index (χ0n) is 8.86. The van der Waals surface area contributed by atoms with Crippen LogP contribution in [-0.2, 0) is 4.57 Å². The molecule has 88 valence electrons. The van der Waals surface area contributed by atoms with Crippen molar-refractivity contribution >= 4 is 13.3 Å². The highest BCUT2D eigenvalue weighted by Gasteiger charge is 2.26. The van der Waals surface area contributed by atoms with Gasteiger partial charge in [0.25, 0.3) is 5.69 Å². The summed E-state index contributed by atoms with van der Waals surface area (Å²) in [6.07, 6.45) is 0. The molecule has 6 nitrogen and oxygen atoms in total. The monoisotopic (exact) mass is 245 g/mol. The Bertz CT molecular complexity index is 428. The van der Waals surface area contributed by atoms with Gasteiger partial charge in [0.15, 0.2) is 0 Å². The van der Waals surface area contributed by atoms with E-state index in [4.69, 9.17) is 4.52 Å². The highest BCUT2D eigenvalue weighted by Crippen LogP contribution is 2.47. The largest absolute Gasteiger partial charge is 0.424 e. The number of nitro groups is 1. The molecule has 1 N–H and O–H groups in total. The van der Waals surface area contributed by atoms with E-state index >= 15 is 0 Å². The first-order chi connectivity index (χ1) is 7.33. The Balaban J connectivity index is 2.84. The minimum atomic E-state index is -3.70. The molecule has 0 aliphatic heterocycles. The SMILES string of the molecule is CC(C)P(=O)(O)Oc1ccc([N+](=O)[O-])cc1. The third-order valence-electron chi connectivity index (χ3n) is 1.94. The van der Waals surface area contributed by atoms with Gasteiger partial charge in [-0.1, -0.05) is 13.8 Å². The number of non-ortho nitro benzene ring substituents is 1. The van der Waals surface area contributed by atoms with Crippen molar-refractivity contribution < 1.29 is 18.9 Å². The number of nitro benzene ring substituents is 1. The molecule has 0 aliphatic rings. The van der Waals surface area contributed by atoms with Crippen LogP contribution in [0.15, 0.2) is 24.3 Å². The van der Waals surface area contributed by atoms with E-state index < -0.39 is 18.2 Å². The van der Waals surface area contributed by atoms with Crippen LogP contribution >= 0.6 is 7.60 Å². The van der Waals surface area contributed by atoms with E-state index in [1.54, 1.807) is 13.8 Å². The maximum absolute atomic E-state index is 11.5. The summed E-state index contributed by atoms with van der Waals surface area (Å²) in [5.41, 5.74) is -0.618. The van der Waals surface area contributed by atoms with Crippen LogP contribution in [0.4, 0.5) is 5.69 Å². The molecule has 0 radical (unpaired) electrons. The summed E-state index contributed by atoms with van der Waals surface area (Å²) < 4.78 is 16.4. The Labute approximate surface area is 92.5 Å². The van der Waals surface area contributed by atoms with Crippen molar-refractivity contribution in [2.75, 3.05) is 0 Å². The molecule has 1 rings (SSSR count). The van der Waals surface area contributed by atoms with E-state index in [1.165, 1.54) is 24.3 Å². The Morgan fingerprint density at radius 1 is 1.38 bits per heavy atom. The quantitative estimate of drug-likeness (QED) is 0.500. The molecule has 0 spiro atoms. The molecule has 1 aromatic carbocycles. The lowest BCUT2D eigenvalue weighted by Gasteiger charge is -2.15. The Hall–Kier alpha value is -1.39. The van der Waals surface area contributed by atoms with Crippen molar-refractivity contribution in [3.8, 4) is 5.75 Å². The molecule has 1 unspecified atom stereocenters. The number of benzene rings is 1. The van der Waals surface area contributed by atoms with Gasteiger partial charge in [-0.15, -0.1) is 0 Å². The fraction of sp³-hybridized carbons (Fsp3) is 0.333. The standard InChI is InChI=1S/C9H12NO5P/c1-7(2)16(13,14)15-9-5-3-8(4-6-9)10(11)12/h3-7H,1-2H3,(H,13,14). The Morgan fingerprint density at radius 2 is 1.88 bits per heavy atom. The van der Waals surface area contributed by atoms with E-state index in [1.807, 2.05) is 0 Å². The summed E-state index contributed by atoms with van der Waals surface area (Å²) in [6, 6.07) is 5.03. The summed E-state index contributed by atoms with van der Waals surface area (Å²) in [4.78, 5) is 19.2. The number of hydrogen-bond donors (Lipinski definition) is 1. The van der Waals surface area contributed by atoms with E-state index in [9.17, 15) is 19.6 Å². The third-order valence-corrected chi connectivity index (χ3v) is 3.71. The van der Waals surface area contributed by atoms with Gasteiger partial charge < -0.3 is 9.42 Å². The molecule has 0 aromatic heterocycles. The zero-order chi connectivity index (χ0) is 12.3. The van der Waals surface area contributed by atoms with Crippen LogP contribution in [0.5, 0.6) is 5.75 Å². The van der Waals surface area contributed by atoms with Gasteiger partial charge in [-0.3, -0.25) is 10.1 Å². The van der Waals surface area contributed by atoms with E-state index in [0.717, 1.165) is 0 Å². The second-order valence-electron chi connectivity index (χ2n) is 3.50. The molecular formula is C9H12NO5P. The predicted octanol–water partition coefficient (Wildman–Crippen LogP) is 2.57. The van der Waals surface area contributed by atoms with Crippen molar-refractivity contribution in [3.63, 3.8) is 0 Å². The lowest BCUT2D eigenvalue weighted by Crippen LogP contribution is -2.03. The van der Waals surface area contributed by atoms with Crippen molar-refractivity contribution in [3.05, 3.63) is 34.4 Å². The summed E-state index contributed by atoms with van der Waals surface area (Å²) in [7, 11) is -3.70. The van der Waals surface area contributed by atoms with Gasteiger partial charge in [0.05, 0.1) is 10.6 Å². The van der Waals surface area contributed by atoms with Gasteiger partial charge in [0.2, 0.25) is 0 Å². The minimum absolute atomic E-state index is 0.0929. The van der Waals surface area contributed by atoms with Crippen LogP contribution in [0.3, 0.4) is 0 Å². The average Bonchev–Trinajstić information content (AvgIpc) is 2.17. The van der Waals surface area contributed by atoms with E-state index in [-0.39, 0.29) is 11.4 Å². The summed E-state index contributed by atoms with van der Waals surface area (Å²) >= 11 is 0. The molecule has 16 heavy (non-hydrogen) atoms. The average molecular weight is 245 g/mol. The van der Waals surface area contributed by atoms with E-state index in [2.05, 4.69) is 0 Å². The molecule has 0 saturated heterocycles. The molecular weight excluding hydrogens is 233 g/mol. The van der Waals surface area contributed by atoms with Gasteiger partial charge in [0, 0.05) is 12.1 Å². The normalized spacial score (nSPS) is 14.5. The van der Waals surface area contributed by atoms with Crippen LogP contribution < -0.4 is 4.52 Å². The second kappa shape index (κ2) is 4.63.